The number of nitrogens with zero attached hydrogens (tertiary/aromatic N) is 5. The molecule has 3 rings (SSSR count). The minimum absolute atomic E-state index is 0.0850. The Bertz CT molecular complexity index is 1230. The van der Waals surface area contributed by atoms with Crippen LogP contribution in [0.4, 0.5) is 11.5 Å². The fraction of sp³-hybridized carbons (Fsp3) is 0.381. The molecule has 0 bridgehead atoms. The molecule has 0 aliphatic carbocycles. The maximum atomic E-state index is 12.1. The third kappa shape index (κ3) is 7.23. The molecule has 2 heterocycles. The Labute approximate surface area is 203 Å². The maximum absolute atomic E-state index is 12.1. The molecule has 0 unspecified atom stereocenters. The van der Waals surface area contributed by atoms with Crippen molar-refractivity contribution in [3.05, 3.63) is 66.8 Å². The minimum Gasteiger partial charge on any atom is -0.473 e. The van der Waals surface area contributed by atoms with E-state index in [1.165, 1.54) is 41.9 Å². The first kappa shape index (κ1) is 27.7. The van der Waals surface area contributed by atoms with Crippen LogP contribution in [0.2, 0.25) is 0 Å². The number of carboxylic acids is 2. The van der Waals surface area contributed by atoms with Crippen molar-refractivity contribution in [1.82, 2.24) is 14.0 Å². The van der Waals surface area contributed by atoms with Gasteiger partial charge >= 0.3 is 23.6 Å². The zero-order valence-electron chi connectivity index (χ0n) is 19.5. The van der Waals surface area contributed by atoms with E-state index in [1.54, 1.807) is 7.05 Å². The van der Waals surface area contributed by atoms with E-state index in [1.807, 2.05) is 4.90 Å². The molecule has 1 aromatic heterocycles. The molecule has 0 spiro atoms. The summed E-state index contributed by atoms with van der Waals surface area (Å²) in [6.07, 6.45) is 0. The Hall–Kier alpha value is -4.53. The number of aromatic nitrogens is 2. The summed E-state index contributed by atoms with van der Waals surface area (Å²) in [5.41, 5.74) is -0.526. The number of nitro benzene ring substituents is 1. The van der Waals surface area contributed by atoms with Crippen LogP contribution >= 0.6 is 0 Å². The van der Waals surface area contributed by atoms with E-state index in [9.17, 15) is 24.5 Å². The average molecular weight is 507 g/mol. The summed E-state index contributed by atoms with van der Waals surface area (Å²) in [5, 5.41) is 25.4. The lowest BCUT2D eigenvalue weighted by Crippen LogP contribution is -2.50. The Morgan fingerprint density at radius 3 is 2.03 bits per heavy atom. The van der Waals surface area contributed by atoms with Crippen LogP contribution in [0.15, 0.2) is 39.9 Å². The van der Waals surface area contributed by atoms with E-state index < -0.39 is 22.8 Å². The number of esters is 1. The van der Waals surface area contributed by atoms with Gasteiger partial charge in [0.25, 0.3) is 11.2 Å². The van der Waals surface area contributed by atoms with Gasteiger partial charge in [-0.25, -0.2) is 19.2 Å². The van der Waals surface area contributed by atoms with Crippen molar-refractivity contribution in [3.63, 3.8) is 0 Å². The first-order valence-corrected chi connectivity index (χ1v) is 10.5. The van der Waals surface area contributed by atoms with Gasteiger partial charge in [-0.2, -0.15) is 0 Å². The zero-order valence-corrected chi connectivity index (χ0v) is 19.5. The van der Waals surface area contributed by atoms with Crippen LogP contribution in [0.1, 0.15) is 10.4 Å². The number of non-ortho nitro benzene ring substituents is 1. The van der Waals surface area contributed by atoms with E-state index in [4.69, 9.17) is 24.5 Å². The van der Waals surface area contributed by atoms with Gasteiger partial charge in [-0.1, -0.05) is 0 Å². The molecule has 0 radical (unpaired) electrons. The number of hydrogen-bond donors (Lipinski definition) is 2. The van der Waals surface area contributed by atoms with Crippen molar-refractivity contribution in [2.24, 2.45) is 14.1 Å². The molecule has 1 aliphatic heterocycles. The molecule has 0 saturated carbocycles. The summed E-state index contributed by atoms with van der Waals surface area (Å²) in [7, 11) is 3.09. The van der Waals surface area contributed by atoms with Crippen LogP contribution in [0, 0.1) is 10.1 Å². The van der Waals surface area contributed by atoms with E-state index in [0.29, 0.717) is 38.5 Å². The first-order chi connectivity index (χ1) is 16.9. The van der Waals surface area contributed by atoms with Crippen LogP contribution in [0.25, 0.3) is 0 Å². The molecular formula is C21H25N5O10. The van der Waals surface area contributed by atoms with Gasteiger partial charge in [0.15, 0.2) is 0 Å². The Morgan fingerprint density at radius 1 is 0.972 bits per heavy atom. The molecule has 194 valence electrons. The van der Waals surface area contributed by atoms with Gasteiger partial charge in [0.2, 0.25) is 0 Å². The van der Waals surface area contributed by atoms with Crippen LogP contribution in [-0.4, -0.2) is 86.4 Å². The number of rotatable bonds is 6. The number of carbonyl (C=O) groups is 3. The number of nitro groups is 1. The third-order valence-corrected chi connectivity index (χ3v) is 5.33. The molecule has 1 aliphatic rings. The van der Waals surface area contributed by atoms with Gasteiger partial charge in [-0.15, -0.1) is 0 Å². The van der Waals surface area contributed by atoms with Crippen LogP contribution < -0.4 is 16.1 Å². The average Bonchev–Trinajstić information content (AvgIpc) is 2.85. The second kappa shape index (κ2) is 12.3. The number of hydrogen-bond acceptors (Lipinski definition) is 10. The topological polar surface area (TPSA) is 195 Å². The number of benzene rings is 1. The Kier molecular flexibility index (Phi) is 9.43. The van der Waals surface area contributed by atoms with Gasteiger partial charge in [0.1, 0.15) is 12.4 Å². The molecule has 1 fully saturated rings. The third-order valence-electron chi connectivity index (χ3n) is 5.33. The van der Waals surface area contributed by atoms with Crippen molar-refractivity contribution in [3.8, 4) is 0 Å². The van der Waals surface area contributed by atoms with E-state index in [2.05, 4.69) is 4.90 Å². The van der Waals surface area contributed by atoms with Crippen molar-refractivity contribution in [2.75, 3.05) is 44.2 Å². The predicted molar refractivity (Wildman–Crippen MR) is 124 cm³/mol. The van der Waals surface area contributed by atoms with Gasteiger partial charge in [-0.3, -0.25) is 28.9 Å². The number of carbonyl (C=O) groups excluding carboxylic acids is 1. The molecule has 0 amide bonds. The quantitative estimate of drug-likeness (QED) is 0.213. The second-order valence-corrected chi connectivity index (χ2v) is 7.62. The number of piperazine rings is 1. The number of anilines is 1. The molecule has 2 N–H and O–H groups in total. The normalized spacial score (nSPS) is 13.3. The van der Waals surface area contributed by atoms with Gasteiger partial charge < -0.3 is 19.8 Å². The highest BCUT2D eigenvalue weighted by Crippen LogP contribution is 2.14. The minimum atomic E-state index is -1.82. The zero-order chi connectivity index (χ0) is 27.0. The maximum Gasteiger partial charge on any atom is 0.414 e. The van der Waals surface area contributed by atoms with Crippen molar-refractivity contribution >= 4 is 29.4 Å². The SMILES string of the molecule is Cn1c(N2CCN(CCOC(=O)c3ccc([N+](=O)[O-])cc3)CC2)cc(=O)n(C)c1=O.O=C(O)C(=O)O. The molecule has 36 heavy (non-hydrogen) atoms. The monoisotopic (exact) mass is 507 g/mol. The summed E-state index contributed by atoms with van der Waals surface area (Å²) in [5.74, 6) is -3.59. The second-order valence-electron chi connectivity index (χ2n) is 7.62. The number of ether oxygens (including phenoxy) is 1. The largest absolute Gasteiger partial charge is 0.473 e. The highest BCUT2D eigenvalue weighted by atomic mass is 16.6. The summed E-state index contributed by atoms with van der Waals surface area (Å²) >= 11 is 0. The van der Waals surface area contributed by atoms with Crippen molar-refractivity contribution < 1.29 is 34.3 Å². The summed E-state index contributed by atoms with van der Waals surface area (Å²) in [6, 6.07) is 6.73. The van der Waals surface area contributed by atoms with Crippen LogP contribution in [0.5, 0.6) is 0 Å². The molecular weight excluding hydrogens is 482 g/mol. The first-order valence-electron chi connectivity index (χ1n) is 10.5. The number of aliphatic carboxylic acids is 2. The lowest BCUT2D eigenvalue weighted by molar-refractivity contribution is -0.384. The Morgan fingerprint density at radius 2 is 1.53 bits per heavy atom. The molecule has 1 saturated heterocycles. The summed E-state index contributed by atoms with van der Waals surface area (Å²) in [4.78, 5) is 68.5. The molecule has 15 nitrogen and oxygen atoms in total. The predicted octanol–water partition coefficient (Wildman–Crippen LogP) is -0.873. The fourth-order valence-electron chi connectivity index (χ4n) is 3.30. The van der Waals surface area contributed by atoms with Crippen molar-refractivity contribution in [2.45, 2.75) is 0 Å². The van der Waals surface area contributed by atoms with Gasteiger partial charge in [0, 0.05) is 65.0 Å². The molecule has 1 aromatic carbocycles. The molecule has 2 aromatic rings. The van der Waals surface area contributed by atoms with E-state index >= 15 is 0 Å². The highest BCUT2D eigenvalue weighted by Gasteiger charge is 2.20. The lowest BCUT2D eigenvalue weighted by atomic mass is 10.2. The van der Waals surface area contributed by atoms with Crippen molar-refractivity contribution in [1.29, 1.82) is 0 Å². The van der Waals surface area contributed by atoms with Gasteiger partial charge in [-0.05, 0) is 12.1 Å². The summed E-state index contributed by atoms with van der Waals surface area (Å²) < 4.78 is 7.78. The lowest BCUT2D eigenvalue weighted by Gasteiger charge is -2.36. The van der Waals surface area contributed by atoms with Crippen LogP contribution in [0.3, 0.4) is 0 Å². The standard InChI is InChI=1S/C19H23N5O6.C2H2O4/c1-20-16(13-17(25)21(2)19(20)27)23-9-7-22(8-10-23)11-12-30-18(26)14-3-5-15(6-4-14)24(28)29;3-1(4)2(5)6/h3-6,13H,7-12H2,1-2H3;(H,3,4)(H,5,6). The molecule has 15 heteroatoms. The highest BCUT2D eigenvalue weighted by molar-refractivity contribution is 6.27. The number of carboxylic acid groups (broad SMARTS) is 2. The molecule has 0 atom stereocenters. The smallest absolute Gasteiger partial charge is 0.414 e. The summed E-state index contributed by atoms with van der Waals surface area (Å²) in [6.45, 7) is 3.40. The van der Waals surface area contributed by atoms with E-state index in [-0.39, 0.29) is 29.1 Å². The van der Waals surface area contributed by atoms with E-state index in [0.717, 1.165) is 4.57 Å². The van der Waals surface area contributed by atoms with Crippen LogP contribution in [-0.2, 0) is 28.4 Å². The van der Waals surface area contributed by atoms with Gasteiger partial charge in [0.05, 0.1) is 10.5 Å². The Balaban J connectivity index is 0.000000678. The fourth-order valence-corrected chi connectivity index (χ4v) is 3.30.